The summed E-state index contributed by atoms with van der Waals surface area (Å²) in [4.78, 5) is 10.5. The minimum absolute atomic E-state index is 0.671. The summed E-state index contributed by atoms with van der Waals surface area (Å²) in [6, 6.07) is 76.2. The molecular formula is C58H36N2O2. The van der Waals surface area contributed by atoms with Gasteiger partial charge in [0.15, 0.2) is 5.82 Å². The lowest BCUT2D eigenvalue weighted by molar-refractivity contribution is 0.668. The van der Waals surface area contributed by atoms with Crippen LogP contribution in [0.1, 0.15) is 0 Å². The fraction of sp³-hybridized carbons (Fsp3) is 0. The van der Waals surface area contributed by atoms with E-state index in [9.17, 15) is 0 Å². The van der Waals surface area contributed by atoms with Gasteiger partial charge in [0.05, 0.1) is 11.4 Å². The van der Waals surface area contributed by atoms with Crippen LogP contribution in [0.3, 0.4) is 0 Å². The van der Waals surface area contributed by atoms with Crippen molar-refractivity contribution in [2.45, 2.75) is 0 Å². The van der Waals surface area contributed by atoms with Gasteiger partial charge in [0.25, 0.3) is 0 Å². The van der Waals surface area contributed by atoms with E-state index in [0.29, 0.717) is 5.82 Å². The van der Waals surface area contributed by atoms with Crippen molar-refractivity contribution in [2.24, 2.45) is 0 Å². The Hall–Kier alpha value is -8.34. The molecule has 4 nitrogen and oxygen atoms in total. The topological polar surface area (TPSA) is 52.1 Å². The van der Waals surface area contributed by atoms with E-state index in [4.69, 9.17) is 18.8 Å². The molecule has 12 rings (SSSR count). The minimum atomic E-state index is 0.671. The Kier molecular flexibility index (Phi) is 8.46. The van der Waals surface area contributed by atoms with Gasteiger partial charge in [-0.3, -0.25) is 0 Å². The molecule has 4 heteroatoms. The second kappa shape index (κ2) is 14.7. The summed E-state index contributed by atoms with van der Waals surface area (Å²) >= 11 is 0. The second-order valence-corrected chi connectivity index (χ2v) is 15.7. The molecule has 0 aliphatic rings. The van der Waals surface area contributed by atoms with Gasteiger partial charge < -0.3 is 8.83 Å². The summed E-state index contributed by atoms with van der Waals surface area (Å²) in [6.07, 6.45) is 0. The number of rotatable bonds is 7. The number of aromatic nitrogens is 2. The predicted molar refractivity (Wildman–Crippen MR) is 255 cm³/mol. The normalized spacial score (nSPS) is 11.5. The number of para-hydroxylation sites is 2. The molecule has 3 aromatic heterocycles. The highest BCUT2D eigenvalue weighted by atomic mass is 16.3. The van der Waals surface area contributed by atoms with Crippen molar-refractivity contribution in [2.75, 3.05) is 0 Å². The van der Waals surface area contributed by atoms with Crippen LogP contribution < -0.4 is 0 Å². The molecule has 62 heavy (non-hydrogen) atoms. The van der Waals surface area contributed by atoms with E-state index in [1.54, 1.807) is 0 Å². The zero-order chi connectivity index (χ0) is 41.0. The third-order valence-corrected chi connectivity index (χ3v) is 11.9. The van der Waals surface area contributed by atoms with Crippen LogP contribution in [0.25, 0.3) is 122 Å². The van der Waals surface area contributed by atoms with Crippen molar-refractivity contribution in [3.63, 3.8) is 0 Å². The Morgan fingerprint density at radius 1 is 0.274 bits per heavy atom. The van der Waals surface area contributed by atoms with E-state index < -0.39 is 0 Å². The summed E-state index contributed by atoms with van der Waals surface area (Å²) in [6.45, 7) is 0. The maximum Gasteiger partial charge on any atom is 0.160 e. The Labute approximate surface area is 358 Å². The van der Waals surface area contributed by atoms with Gasteiger partial charge >= 0.3 is 0 Å². The van der Waals surface area contributed by atoms with Crippen LogP contribution in [0.4, 0.5) is 0 Å². The molecule has 0 N–H and O–H groups in total. The first-order valence-electron chi connectivity index (χ1n) is 20.9. The molecule has 9 aromatic carbocycles. The Bertz CT molecular complexity index is 3550. The monoisotopic (exact) mass is 792 g/mol. The predicted octanol–water partition coefficient (Wildman–Crippen LogP) is 15.9. The molecule has 0 saturated heterocycles. The molecule has 0 aliphatic carbocycles. The van der Waals surface area contributed by atoms with Crippen LogP contribution in [0.2, 0.25) is 0 Å². The van der Waals surface area contributed by atoms with Gasteiger partial charge in [0.1, 0.15) is 22.3 Å². The first kappa shape index (κ1) is 35.6. The van der Waals surface area contributed by atoms with Gasteiger partial charge in [-0.25, -0.2) is 9.97 Å². The maximum absolute atomic E-state index is 6.72. The SMILES string of the molecule is c1ccc(-c2cc(-c3ccccc3)cc(-c3nc(-c4ccccc4)cc(-c4ccc(-c5ccc(-c6ccc7oc8ccccc8c7c6)c6oc7ccccc7c56)cc4)n3)c2)cc1. The average molecular weight is 793 g/mol. The highest BCUT2D eigenvalue weighted by Crippen LogP contribution is 2.43. The standard InChI is InChI=1S/C58H36N2O2/c1-4-14-37(15-5-1)43-32-44(38-16-6-2-7-17-38)34-45(33-43)58-59-51(40-18-8-3-9-19-40)36-52(60-58)41-26-24-39(25-27-41)46-29-30-47(57-56(46)49-21-11-13-23-54(49)62-57)42-28-31-55-50(35-42)48-20-10-12-22-53(48)61-55/h1-36H. The molecule has 12 aromatic rings. The van der Waals surface area contributed by atoms with Gasteiger partial charge in [-0.2, -0.15) is 0 Å². The Balaban J connectivity index is 0.982. The quantitative estimate of drug-likeness (QED) is 0.161. The molecule has 0 amide bonds. The third-order valence-electron chi connectivity index (χ3n) is 11.9. The first-order valence-corrected chi connectivity index (χ1v) is 20.9. The minimum Gasteiger partial charge on any atom is -0.456 e. The van der Waals surface area contributed by atoms with E-state index in [0.717, 1.165) is 116 Å². The van der Waals surface area contributed by atoms with Crippen LogP contribution in [0.15, 0.2) is 227 Å². The zero-order valence-electron chi connectivity index (χ0n) is 33.5. The Morgan fingerprint density at radius 3 is 1.42 bits per heavy atom. The van der Waals surface area contributed by atoms with E-state index in [1.807, 2.05) is 30.3 Å². The van der Waals surface area contributed by atoms with Crippen molar-refractivity contribution < 1.29 is 8.83 Å². The number of furan rings is 2. The van der Waals surface area contributed by atoms with E-state index in [2.05, 4.69) is 188 Å². The molecule has 290 valence electrons. The number of hydrogen-bond acceptors (Lipinski definition) is 4. The van der Waals surface area contributed by atoms with E-state index in [1.165, 1.54) is 0 Å². The lowest BCUT2D eigenvalue weighted by Crippen LogP contribution is -1.97. The van der Waals surface area contributed by atoms with Gasteiger partial charge in [-0.05, 0) is 93.5 Å². The molecule has 0 unspecified atom stereocenters. The van der Waals surface area contributed by atoms with Gasteiger partial charge in [0.2, 0.25) is 0 Å². The maximum atomic E-state index is 6.72. The smallest absolute Gasteiger partial charge is 0.160 e. The largest absolute Gasteiger partial charge is 0.456 e. The summed E-state index contributed by atoms with van der Waals surface area (Å²) < 4.78 is 12.9. The van der Waals surface area contributed by atoms with Gasteiger partial charge in [0, 0.05) is 43.8 Å². The van der Waals surface area contributed by atoms with Crippen molar-refractivity contribution >= 4 is 43.9 Å². The number of nitrogens with zero attached hydrogens (tertiary/aromatic N) is 2. The summed E-state index contributed by atoms with van der Waals surface area (Å²) in [5.41, 5.74) is 17.0. The fourth-order valence-electron chi connectivity index (χ4n) is 8.84. The number of fused-ring (bicyclic) bond motifs is 6. The van der Waals surface area contributed by atoms with E-state index in [-0.39, 0.29) is 0 Å². The van der Waals surface area contributed by atoms with Crippen LogP contribution in [0, 0.1) is 0 Å². The second-order valence-electron chi connectivity index (χ2n) is 15.7. The highest BCUT2D eigenvalue weighted by Gasteiger charge is 2.19. The highest BCUT2D eigenvalue weighted by molar-refractivity contribution is 6.17. The van der Waals surface area contributed by atoms with Crippen molar-refractivity contribution in [1.82, 2.24) is 9.97 Å². The molecule has 0 spiro atoms. The van der Waals surface area contributed by atoms with E-state index >= 15 is 0 Å². The molecule has 0 radical (unpaired) electrons. The molecule has 3 heterocycles. The van der Waals surface area contributed by atoms with Crippen molar-refractivity contribution in [1.29, 1.82) is 0 Å². The molecule has 0 atom stereocenters. The summed E-state index contributed by atoms with van der Waals surface area (Å²) in [7, 11) is 0. The van der Waals surface area contributed by atoms with Crippen LogP contribution in [0.5, 0.6) is 0 Å². The van der Waals surface area contributed by atoms with Crippen LogP contribution in [-0.4, -0.2) is 9.97 Å². The molecule has 0 bridgehead atoms. The Morgan fingerprint density at radius 2 is 0.758 bits per heavy atom. The van der Waals surface area contributed by atoms with Crippen molar-refractivity contribution in [3.8, 4) is 78.4 Å². The molecular weight excluding hydrogens is 757 g/mol. The van der Waals surface area contributed by atoms with Crippen LogP contribution >= 0.6 is 0 Å². The third kappa shape index (κ3) is 6.25. The lowest BCUT2D eigenvalue weighted by Gasteiger charge is -2.13. The van der Waals surface area contributed by atoms with Gasteiger partial charge in [-0.15, -0.1) is 0 Å². The summed E-state index contributed by atoms with van der Waals surface area (Å²) in [5.74, 6) is 0.671. The summed E-state index contributed by atoms with van der Waals surface area (Å²) in [5, 5.41) is 4.36. The zero-order valence-corrected chi connectivity index (χ0v) is 33.5. The molecule has 0 aliphatic heterocycles. The van der Waals surface area contributed by atoms with Gasteiger partial charge in [-0.1, -0.05) is 164 Å². The number of benzene rings is 9. The van der Waals surface area contributed by atoms with Crippen LogP contribution in [-0.2, 0) is 0 Å². The first-order chi connectivity index (χ1) is 30.7. The fourth-order valence-corrected chi connectivity index (χ4v) is 8.84. The number of hydrogen-bond donors (Lipinski definition) is 0. The molecule has 0 fully saturated rings. The average Bonchev–Trinajstić information content (AvgIpc) is 3.93. The lowest BCUT2D eigenvalue weighted by atomic mass is 9.93. The molecule has 0 saturated carbocycles. The van der Waals surface area contributed by atoms with Crippen molar-refractivity contribution in [3.05, 3.63) is 218 Å².